The fraction of sp³-hybridized carbons (Fsp3) is 0.312. The van der Waals surface area contributed by atoms with Gasteiger partial charge in [-0.25, -0.2) is 0 Å². The van der Waals surface area contributed by atoms with Crippen LogP contribution in [-0.2, 0) is 10.4 Å². The molecule has 122 valence electrons. The van der Waals surface area contributed by atoms with E-state index in [0.717, 1.165) is 9.13 Å². The predicted octanol–water partition coefficient (Wildman–Crippen LogP) is 4.45. The molecule has 1 aliphatic heterocycles. The molecule has 0 bridgehead atoms. The van der Waals surface area contributed by atoms with Crippen molar-refractivity contribution in [2.45, 2.75) is 24.2 Å². The molecule has 1 saturated heterocycles. The molecule has 0 aliphatic carbocycles. The molecule has 1 aromatic heterocycles. The quantitative estimate of drug-likeness (QED) is 0.654. The van der Waals surface area contributed by atoms with Crippen molar-refractivity contribution < 1.29 is 18.0 Å². The summed E-state index contributed by atoms with van der Waals surface area (Å²) in [7, 11) is 1.53. The van der Waals surface area contributed by atoms with Crippen LogP contribution < -0.4 is 0 Å². The van der Waals surface area contributed by atoms with E-state index in [0.29, 0.717) is 0 Å². The number of hydrogen-bond acceptors (Lipinski definition) is 3. The fourth-order valence-corrected chi connectivity index (χ4v) is 3.22. The zero-order valence-corrected chi connectivity index (χ0v) is 14.4. The molecule has 0 spiro atoms. The normalized spacial score (nSPS) is 25.7. The van der Waals surface area contributed by atoms with Gasteiger partial charge < -0.3 is 0 Å². The van der Waals surface area contributed by atoms with Gasteiger partial charge in [-0.05, 0) is 46.4 Å². The molecule has 3 rings (SSSR count). The Morgan fingerprint density at radius 1 is 1.26 bits per heavy atom. The highest BCUT2D eigenvalue weighted by Crippen LogP contribution is 2.53. The van der Waals surface area contributed by atoms with Crippen LogP contribution in [-0.4, -0.2) is 23.3 Å². The smallest absolute Gasteiger partial charge is 0.277 e. The number of pyridine rings is 1. The minimum Gasteiger partial charge on any atom is -0.277 e. The van der Waals surface area contributed by atoms with Gasteiger partial charge in [0, 0.05) is 35.0 Å². The molecule has 0 saturated carbocycles. The average Bonchev–Trinajstić information content (AvgIpc) is 2.88. The fourth-order valence-electron chi connectivity index (χ4n) is 2.86. The van der Waals surface area contributed by atoms with Crippen LogP contribution in [0.5, 0.6) is 0 Å². The Hall–Kier alpha value is -1.19. The Bertz CT molecular complexity index is 678. The van der Waals surface area contributed by atoms with E-state index in [1.807, 2.05) is 24.3 Å². The number of hydroxylamine groups is 2. The van der Waals surface area contributed by atoms with Gasteiger partial charge in [-0.1, -0.05) is 18.2 Å². The van der Waals surface area contributed by atoms with Gasteiger partial charge in [0.2, 0.25) is 5.60 Å². The monoisotopic (exact) mass is 434 g/mol. The summed E-state index contributed by atoms with van der Waals surface area (Å²) in [5.41, 5.74) is -1.56. The van der Waals surface area contributed by atoms with E-state index in [4.69, 9.17) is 4.84 Å². The van der Waals surface area contributed by atoms with Crippen LogP contribution in [0.1, 0.15) is 23.6 Å². The Morgan fingerprint density at radius 2 is 1.96 bits per heavy atom. The summed E-state index contributed by atoms with van der Waals surface area (Å²) in [5.74, 6) is 0. The third kappa shape index (κ3) is 2.97. The Morgan fingerprint density at radius 3 is 2.52 bits per heavy atom. The molecule has 2 aromatic rings. The predicted molar refractivity (Wildman–Crippen MR) is 87.3 cm³/mol. The van der Waals surface area contributed by atoms with Crippen molar-refractivity contribution in [3.63, 3.8) is 0 Å². The van der Waals surface area contributed by atoms with E-state index in [1.165, 1.54) is 36.6 Å². The van der Waals surface area contributed by atoms with Gasteiger partial charge in [0.05, 0.1) is 6.04 Å². The molecular formula is C16H14F3IN2O. The molecule has 0 unspecified atom stereocenters. The zero-order chi connectivity index (χ0) is 16.7. The lowest BCUT2D eigenvalue weighted by Gasteiger charge is -2.30. The first-order valence-corrected chi connectivity index (χ1v) is 8.06. The van der Waals surface area contributed by atoms with Crippen molar-refractivity contribution in [1.82, 2.24) is 10.0 Å². The van der Waals surface area contributed by atoms with E-state index >= 15 is 0 Å². The molecule has 7 heteroatoms. The summed E-state index contributed by atoms with van der Waals surface area (Å²) in [5, 5.41) is 1.29. The number of halogens is 4. The van der Waals surface area contributed by atoms with Crippen LogP contribution in [0.2, 0.25) is 0 Å². The Kier molecular flexibility index (Phi) is 4.37. The summed E-state index contributed by atoms with van der Waals surface area (Å²) < 4.78 is 42.6. The summed E-state index contributed by atoms with van der Waals surface area (Å²) in [6.45, 7) is 0. The first kappa shape index (κ1) is 16.7. The maximum absolute atomic E-state index is 13.8. The zero-order valence-electron chi connectivity index (χ0n) is 12.2. The van der Waals surface area contributed by atoms with E-state index in [9.17, 15) is 13.2 Å². The van der Waals surface area contributed by atoms with Gasteiger partial charge in [-0.2, -0.15) is 18.2 Å². The second-order valence-corrected chi connectivity index (χ2v) is 6.72. The maximum atomic E-state index is 13.8. The average molecular weight is 434 g/mol. The molecule has 1 aliphatic rings. The third-order valence-electron chi connectivity index (χ3n) is 4.06. The molecule has 23 heavy (non-hydrogen) atoms. The van der Waals surface area contributed by atoms with Crippen LogP contribution in [0.25, 0.3) is 0 Å². The summed E-state index contributed by atoms with van der Waals surface area (Å²) in [6.07, 6.45) is -2.08. The number of benzene rings is 1. The van der Waals surface area contributed by atoms with E-state index in [-0.39, 0.29) is 12.0 Å². The van der Waals surface area contributed by atoms with E-state index in [2.05, 4.69) is 27.6 Å². The summed E-state index contributed by atoms with van der Waals surface area (Å²) in [6, 6.07) is 9.84. The standard InChI is InChI=1S/C16H14F3IN2O/c1-22-14(11-4-6-13(20)7-5-11)9-15(23-22,16(17,18)19)12-3-2-8-21-10-12/h2-8,10,14H,9H2,1H3/t14-,15-/m1/s1. The third-order valence-corrected chi connectivity index (χ3v) is 4.78. The van der Waals surface area contributed by atoms with Crippen molar-refractivity contribution in [1.29, 1.82) is 0 Å². The molecule has 2 atom stereocenters. The molecule has 2 heterocycles. The minimum atomic E-state index is -4.54. The lowest BCUT2D eigenvalue weighted by atomic mass is 9.86. The van der Waals surface area contributed by atoms with E-state index in [1.54, 1.807) is 0 Å². The first-order chi connectivity index (χ1) is 10.8. The van der Waals surface area contributed by atoms with Crippen molar-refractivity contribution in [2.24, 2.45) is 0 Å². The van der Waals surface area contributed by atoms with Crippen molar-refractivity contribution in [3.05, 3.63) is 63.5 Å². The van der Waals surface area contributed by atoms with Gasteiger partial charge in [0.15, 0.2) is 0 Å². The van der Waals surface area contributed by atoms with E-state index < -0.39 is 17.8 Å². The number of rotatable bonds is 2. The van der Waals surface area contributed by atoms with Crippen LogP contribution in [0, 0.1) is 3.57 Å². The first-order valence-electron chi connectivity index (χ1n) is 6.98. The summed E-state index contributed by atoms with van der Waals surface area (Å²) in [4.78, 5) is 9.19. The van der Waals surface area contributed by atoms with Crippen LogP contribution >= 0.6 is 22.6 Å². The number of nitrogens with zero attached hydrogens (tertiary/aromatic N) is 2. The summed E-state index contributed by atoms with van der Waals surface area (Å²) >= 11 is 2.16. The van der Waals surface area contributed by atoms with Crippen LogP contribution in [0.3, 0.4) is 0 Å². The second-order valence-electron chi connectivity index (χ2n) is 5.48. The molecule has 0 amide bonds. The number of alkyl halides is 3. The Balaban J connectivity index is 2.02. The Labute approximate surface area is 145 Å². The SMILES string of the molecule is CN1O[C@](c2cccnc2)(C(F)(F)F)C[C@@H]1c1ccc(I)cc1. The largest absolute Gasteiger partial charge is 0.423 e. The van der Waals surface area contributed by atoms with Gasteiger partial charge in [0.1, 0.15) is 0 Å². The maximum Gasteiger partial charge on any atom is 0.423 e. The molecule has 3 nitrogen and oxygen atoms in total. The molecule has 0 N–H and O–H groups in total. The van der Waals surface area contributed by atoms with Gasteiger partial charge in [-0.3, -0.25) is 9.82 Å². The van der Waals surface area contributed by atoms with Crippen molar-refractivity contribution in [3.8, 4) is 0 Å². The van der Waals surface area contributed by atoms with Crippen LogP contribution in [0.4, 0.5) is 13.2 Å². The number of hydrogen-bond donors (Lipinski definition) is 0. The second kappa shape index (κ2) is 6.03. The molecule has 0 radical (unpaired) electrons. The highest BCUT2D eigenvalue weighted by molar-refractivity contribution is 14.1. The van der Waals surface area contributed by atoms with Crippen molar-refractivity contribution >= 4 is 22.6 Å². The lowest BCUT2D eigenvalue weighted by molar-refractivity contribution is -0.322. The van der Waals surface area contributed by atoms with Crippen LogP contribution in [0.15, 0.2) is 48.8 Å². The van der Waals surface area contributed by atoms with Gasteiger partial charge in [-0.15, -0.1) is 0 Å². The molecular weight excluding hydrogens is 420 g/mol. The molecule has 1 fully saturated rings. The lowest BCUT2D eigenvalue weighted by Crippen LogP contribution is -2.42. The van der Waals surface area contributed by atoms with Crippen molar-refractivity contribution in [2.75, 3.05) is 7.05 Å². The topological polar surface area (TPSA) is 25.4 Å². The number of aromatic nitrogens is 1. The molecule has 1 aromatic carbocycles. The van der Waals surface area contributed by atoms with Gasteiger partial charge in [0.25, 0.3) is 0 Å². The highest BCUT2D eigenvalue weighted by atomic mass is 127. The minimum absolute atomic E-state index is 0.0207. The van der Waals surface area contributed by atoms with Gasteiger partial charge >= 0.3 is 6.18 Å². The highest BCUT2D eigenvalue weighted by Gasteiger charge is 2.63.